The van der Waals surface area contributed by atoms with E-state index in [0.717, 1.165) is 12.8 Å². The van der Waals surface area contributed by atoms with Crippen LogP contribution < -0.4 is 4.74 Å². The first-order valence-corrected chi connectivity index (χ1v) is 6.22. The van der Waals surface area contributed by atoms with Crippen molar-refractivity contribution in [1.29, 1.82) is 5.26 Å². The van der Waals surface area contributed by atoms with E-state index < -0.39 is 17.8 Å². The maximum Gasteiger partial charge on any atom is 0.261 e. The molecule has 1 aromatic rings. The molecule has 0 aromatic heterocycles. The molecule has 19 heavy (non-hydrogen) atoms. The minimum atomic E-state index is -0.619. The van der Waals surface area contributed by atoms with E-state index in [9.17, 15) is 9.18 Å². The zero-order chi connectivity index (χ0) is 13.8. The predicted molar refractivity (Wildman–Crippen MR) is 67.2 cm³/mol. The molecule has 1 fully saturated rings. The standard InChI is InChI=1S/C14H15FN2O2/c1-19-12-7-4-6-11(15)13(12)14(18)17-8-3-2-5-10(17)9-16/h4,6-7,10H,2-3,5,8H2,1H3. The van der Waals surface area contributed by atoms with E-state index in [1.807, 2.05) is 0 Å². The summed E-state index contributed by atoms with van der Waals surface area (Å²) in [6, 6.07) is 5.88. The molecular formula is C14H15FN2O2. The normalized spacial score (nSPS) is 18.8. The predicted octanol–water partition coefficient (Wildman–Crippen LogP) is 2.35. The highest BCUT2D eigenvalue weighted by molar-refractivity contribution is 5.97. The third-order valence-electron chi connectivity index (χ3n) is 3.32. The van der Waals surface area contributed by atoms with E-state index >= 15 is 0 Å². The maximum atomic E-state index is 13.9. The molecule has 0 aliphatic carbocycles. The number of carbonyl (C=O) groups excluding carboxylic acids is 1. The van der Waals surface area contributed by atoms with Crippen LogP contribution in [0.3, 0.4) is 0 Å². The van der Waals surface area contributed by atoms with Gasteiger partial charge in [-0.25, -0.2) is 4.39 Å². The number of carbonyl (C=O) groups is 1. The molecule has 1 amide bonds. The van der Waals surface area contributed by atoms with Gasteiger partial charge in [0.25, 0.3) is 5.91 Å². The van der Waals surface area contributed by atoms with Crippen molar-refractivity contribution in [3.63, 3.8) is 0 Å². The fourth-order valence-electron chi connectivity index (χ4n) is 2.33. The van der Waals surface area contributed by atoms with Gasteiger partial charge in [-0.2, -0.15) is 5.26 Å². The Morgan fingerprint density at radius 2 is 2.32 bits per heavy atom. The maximum absolute atomic E-state index is 13.9. The topological polar surface area (TPSA) is 53.3 Å². The Balaban J connectivity index is 2.36. The Morgan fingerprint density at radius 3 is 3.00 bits per heavy atom. The molecule has 0 bridgehead atoms. The van der Waals surface area contributed by atoms with E-state index in [0.29, 0.717) is 13.0 Å². The van der Waals surface area contributed by atoms with Gasteiger partial charge in [-0.05, 0) is 31.4 Å². The van der Waals surface area contributed by atoms with Crippen LogP contribution in [0.25, 0.3) is 0 Å². The van der Waals surface area contributed by atoms with Crippen LogP contribution in [0.15, 0.2) is 18.2 Å². The lowest BCUT2D eigenvalue weighted by Crippen LogP contribution is -2.43. The lowest BCUT2D eigenvalue weighted by atomic mass is 10.0. The monoisotopic (exact) mass is 262 g/mol. The first-order chi connectivity index (χ1) is 9.19. The van der Waals surface area contributed by atoms with Gasteiger partial charge >= 0.3 is 0 Å². The summed E-state index contributed by atoms with van der Waals surface area (Å²) in [5.41, 5.74) is -0.0906. The minimum Gasteiger partial charge on any atom is -0.496 e. The first kappa shape index (κ1) is 13.3. The quantitative estimate of drug-likeness (QED) is 0.822. The zero-order valence-electron chi connectivity index (χ0n) is 10.7. The molecule has 4 nitrogen and oxygen atoms in total. The van der Waals surface area contributed by atoms with Gasteiger partial charge < -0.3 is 9.64 Å². The van der Waals surface area contributed by atoms with Gasteiger partial charge in [-0.15, -0.1) is 0 Å². The van der Waals surface area contributed by atoms with Gasteiger partial charge in [0.15, 0.2) is 0 Å². The second-order valence-electron chi connectivity index (χ2n) is 4.46. The number of hydrogen-bond donors (Lipinski definition) is 0. The molecule has 5 heteroatoms. The fourth-order valence-corrected chi connectivity index (χ4v) is 2.33. The average molecular weight is 262 g/mol. The Morgan fingerprint density at radius 1 is 1.53 bits per heavy atom. The number of piperidine rings is 1. The molecule has 0 radical (unpaired) electrons. The van der Waals surface area contributed by atoms with Crippen molar-refractivity contribution in [3.05, 3.63) is 29.6 Å². The number of methoxy groups -OCH3 is 1. The first-order valence-electron chi connectivity index (χ1n) is 6.22. The van der Waals surface area contributed by atoms with Crippen LogP contribution in [-0.2, 0) is 0 Å². The minimum absolute atomic E-state index is 0.0906. The number of rotatable bonds is 2. The molecule has 0 saturated carbocycles. The highest BCUT2D eigenvalue weighted by Crippen LogP contribution is 2.26. The van der Waals surface area contributed by atoms with Gasteiger partial charge in [0, 0.05) is 6.54 Å². The van der Waals surface area contributed by atoms with Crippen molar-refractivity contribution < 1.29 is 13.9 Å². The van der Waals surface area contributed by atoms with E-state index in [1.54, 1.807) is 6.07 Å². The smallest absolute Gasteiger partial charge is 0.261 e. The van der Waals surface area contributed by atoms with Crippen LogP contribution in [0.2, 0.25) is 0 Å². The van der Waals surface area contributed by atoms with Crippen molar-refractivity contribution in [1.82, 2.24) is 4.90 Å². The SMILES string of the molecule is COc1cccc(F)c1C(=O)N1CCCCC1C#N. The van der Waals surface area contributed by atoms with Crippen LogP contribution in [0.1, 0.15) is 29.6 Å². The molecule has 1 heterocycles. The van der Waals surface area contributed by atoms with Crippen molar-refractivity contribution in [3.8, 4) is 11.8 Å². The molecule has 1 aliphatic rings. The summed E-state index contributed by atoms with van der Waals surface area (Å²) < 4.78 is 18.9. The van der Waals surface area contributed by atoms with Crippen molar-refractivity contribution in [2.45, 2.75) is 25.3 Å². The molecule has 1 aliphatic heterocycles. The number of halogens is 1. The molecule has 1 aromatic carbocycles. The van der Waals surface area contributed by atoms with Crippen LogP contribution >= 0.6 is 0 Å². The summed E-state index contributed by atoms with van der Waals surface area (Å²) in [5, 5.41) is 9.08. The van der Waals surface area contributed by atoms with Gasteiger partial charge in [0.1, 0.15) is 23.2 Å². The Bertz CT molecular complexity index is 525. The lowest BCUT2D eigenvalue weighted by Gasteiger charge is -2.31. The van der Waals surface area contributed by atoms with Gasteiger partial charge in [-0.3, -0.25) is 4.79 Å². The number of hydrogen-bond acceptors (Lipinski definition) is 3. The van der Waals surface area contributed by atoms with E-state index in [4.69, 9.17) is 10.00 Å². The number of ether oxygens (including phenoxy) is 1. The molecule has 0 spiro atoms. The van der Waals surface area contributed by atoms with Gasteiger partial charge in [0.2, 0.25) is 0 Å². The number of benzene rings is 1. The Kier molecular flexibility index (Phi) is 4.00. The highest BCUT2D eigenvalue weighted by atomic mass is 19.1. The number of nitrogens with zero attached hydrogens (tertiary/aromatic N) is 2. The van der Waals surface area contributed by atoms with E-state index in [1.165, 1.54) is 24.1 Å². The van der Waals surface area contributed by atoms with E-state index in [2.05, 4.69) is 6.07 Å². The van der Waals surface area contributed by atoms with Crippen LogP contribution in [0.4, 0.5) is 4.39 Å². The second-order valence-corrected chi connectivity index (χ2v) is 4.46. The molecule has 100 valence electrons. The molecule has 0 N–H and O–H groups in total. The summed E-state index contributed by atoms with van der Waals surface area (Å²) in [5.74, 6) is -0.889. The Hall–Kier alpha value is -2.09. The van der Waals surface area contributed by atoms with Crippen LogP contribution in [0.5, 0.6) is 5.75 Å². The van der Waals surface area contributed by atoms with Crippen molar-refractivity contribution >= 4 is 5.91 Å². The summed E-state index contributed by atoms with van der Waals surface area (Å²) in [6.45, 7) is 0.481. The van der Waals surface area contributed by atoms with Crippen LogP contribution in [0, 0.1) is 17.1 Å². The average Bonchev–Trinajstić information content (AvgIpc) is 2.46. The largest absolute Gasteiger partial charge is 0.496 e. The molecule has 1 saturated heterocycles. The third kappa shape index (κ3) is 2.53. The molecular weight excluding hydrogens is 247 g/mol. The molecule has 1 unspecified atom stereocenters. The Labute approximate surface area is 111 Å². The van der Waals surface area contributed by atoms with E-state index in [-0.39, 0.29) is 11.3 Å². The number of likely N-dealkylation sites (tertiary alicyclic amines) is 1. The lowest BCUT2D eigenvalue weighted by molar-refractivity contribution is 0.0662. The third-order valence-corrected chi connectivity index (χ3v) is 3.32. The van der Waals surface area contributed by atoms with Gasteiger partial charge in [-0.1, -0.05) is 6.07 Å². The summed E-state index contributed by atoms with van der Waals surface area (Å²) in [4.78, 5) is 13.9. The summed E-state index contributed by atoms with van der Waals surface area (Å²) >= 11 is 0. The molecule has 1 atom stereocenters. The van der Waals surface area contributed by atoms with Gasteiger partial charge in [0.05, 0.1) is 13.2 Å². The number of amides is 1. The number of nitriles is 1. The zero-order valence-corrected chi connectivity index (χ0v) is 10.7. The highest BCUT2D eigenvalue weighted by Gasteiger charge is 2.30. The van der Waals surface area contributed by atoms with Crippen LogP contribution in [-0.4, -0.2) is 30.5 Å². The summed E-state index contributed by atoms with van der Waals surface area (Å²) in [6.07, 6.45) is 2.39. The molecule has 2 rings (SSSR count). The summed E-state index contributed by atoms with van der Waals surface area (Å²) in [7, 11) is 1.39. The second kappa shape index (κ2) is 5.70. The van der Waals surface area contributed by atoms with Crippen molar-refractivity contribution in [2.24, 2.45) is 0 Å². The van der Waals surface area contributed by atoms with Crippen molar-refractivity contribution in [2.75, 3.05) is 13.7 Å². The fraction of sp³-hybridized carbons (Fsp3) is 0.429.